The predicted molar refractivity (Wildman–Crippen MR) is 502 cm³/mol. The van der Waals surface area contributed by atoms with Gasteiger partial charge in [-0.15, -0.1) is 24.0 Å². The van der Waals surface area contributed by atoms with E-state index in [0.717, 1.165) is 212 Å². The number of carboxylic acid groups (broad SMARTS) is 1. The molecule has 0 fully saturated rings. The average molecular weight is 1780 g/mol. The monoisotopic (exact) mass is 1780 g/mol. The van der Waals surface area contributed by atoms with E-state index in [2.05, 4.69) is 210 Å². The Morgan fingerprint density at radius 3 is 1.08 bits per heavy atom. The van der Waals surface area contributed by atoms with Gasteiger partial charge in [0.25, 0.3) is 0 Å². The lowest BCUT2D eigenvalue weighted by atomic mass is 9.98. The van der Waals surface area contributed by atoms with E-state index in [-0.39, 0.29) is 35.9 Å². The molecule has 0 bridgehead atoms. The highest BCUT2D eigenvalue weighted by Crippen LogP contribution is 2.36. The molecule has 0 aliphatic heterocycles. The van der Waals surface area contributed by atoms with E-state index in [1.807, 2.05) is 127 Å². The summed E-state index contributed by atoms with van der Waals surface area (Å²) in [5, 5.41) is 10.4. The first kappa shape index (κ1) is 84.5. The summed E-state index contributed by atoms with van der Waals surface area (Å²) in [5.74, 6) is 4.53. The van der Waals surface area contributed by atoms with Crippen LogP contribution in [0.2, 0.25) is 0 Å². The first-order chi connectivity index (χ1) is 58.3. The molecule has 0 saturated carbocycles. The van der Waals surface area contributed by atoms with Gasteiger partial charge in [0.1, 0.15) is 34.9 Å². The average Bonchev–Trinajstić information content (AvgIpc) is 1.61. The number of ether oxygens (including phenoxy) is 2. The predicted octanol–water partition coefficient (Wildman–Crippen LogP) is 23.6. The molecule has 20 heteroatoms. The molecule has 0 aliphatic carbocycles. The maximum atomic E-state index is 12.3. The third-order valence-electron chi connectivity index (χ3n) is 22.1. The minimum atomic E-state index is -0.921. The number of carbonyl (C=O) groups is 3. The first-order valence-electron chi connectivity index (χ1n) is 40.6. The molecule has 0 amide bonds. The first-order valence-corrected chi connectivity index (χ1v) is 41.7. The molecule has 18 aromatic rings. The standard InChI is InChI=1S/C34H32N4O2.C33H30N4O2.C19H20N4.C15H13BrO2.HI/c1-5-10-31-36-32-22(2)19-25(33-35-28-13-8-9-14-29(28)37(33)3)20-30(32)38(31)21-23-15-17-24(18-16-23)26-11-6-7-12-27(26)34(39)40-4;1-4-9-30-35-31-21(2)18-24(32-34-27-12-7-8-13-28(27)36(32)3)19-29(31)37(30)20-22-14-16-23(17-15-22)25-10-5-6-11-26(25)33(38)39;1-4-7-17-20-15-11-13(10-12(2)18(15)22-17)19-21-14-8-5-6-9-16(14)23(19)3;1-18-15(17)14-5-3-2-4-13(14)12-8-6-11(10-16)7-9-12;/h6-9,11-20H,5,10,21H2,1-4H3;5-8,10-19H,4,9,20H2,1-3H3,(H,38,39);5-6,8-11H,4,7H2,1-3H3,(H,20,22);2-9H,10H2,1H3;1H. The maximum Gasteiger partial charge on any atom is 0.338 e. The van der Waals surface area contributed by atoms with E-state index in [4.69, 9.17) is 39.4 Å². The molecule has 0 saturated heterocycles. The van der Waals surface area contributed by atoms with Crippen LogP contribution in [0.1, 0.15) is 122 Å². The Hall–Kier alpha value is -12.9. The lowest BCUT2D eigenvalue weighted by molar-refractivity contribution is 0.0592. The molecular formula is C101H96BrIN12O6. The fraction of sp³-hybridized carbons (Fsp3) is 0.198. The summed E-state index contributed by atoms with van der Waals surface area (Å²) < 4.78 is 20.9. The van der Waals surface area contributed by atoms with Gasteiger partial charge in [-0.2, -0.15) is 0 Å². The Morgan fingerprint density at radius 1 is 0.380 bits per heavy atom. The number of esters is 2. The summed E-state index contributed by atoms with van der Waals surface area (Å²) in [6.45, 7) is 14.3. The zero-order valence-electron chi connectivity index (χ0n) is 69.8. The number of imidazole rings is 6. The van der Waals surface area contributed by atoms with Crippen molar-refractivity contribution >= 4 is 124 Å². The maximum absolute atomic E-state index is 12.3. The van der Waals surface area contributed by atoms with Gasteiger partial charge >= 0.3 is 17.9 Å². The van der Waals surface area contributed by atoms with Gasteiger partial charge in [-0.05, 0) is 198 Å². The van der Waals surface area contributed by atoms with Gasteiger partial charge in [0.15, 0.2) is 0 Å². The van der Waals surface area contributed by atoms with E-state index < -0.39 is 5.97 Å². The van der Waals surface area contributed by atoms with Gasteiger partial charge in [0.2, 0.25) is 0 Å². The molecule has 0 aliphatic rings. The summed E-state index contributed by atoms with van der Waals surface area (Å²) in [5.41, 5.74) is 29.9. The molecular weight excluding hydrogens is 1680 g/mol. The van der Waals surface area contributed by atoms with Gasteiger partial charge < -0.3 is 42.4 Å². The Balaban J connectivity index is 0.000000138. The van der Waals surface area contributed by atoms with E-state index >= 15 is 0 Å². The number of alkyl halides is 1. The van der Waals surface area contributed by atoms with E-state index in [1.54, 1.807) is 24.3 Å². The number of halogens is 2. The number of hydrogen-bond acceptors (Lipinski definition) is 11. The summed E-state index contributed by atoms with van der Waals surface area (Å²) >= 11 is 3.41. The number of rotatable bonds is 20. The van der Waals surface area contributed by atoms with E-state index in [0.29, 0.717) is 29.8 Å². The topological polar surface area (TPSA) is 208 Å². The number of aromatic amines is 1. The summed E-state index contributed by atoms with van der Waals surface area (Å²) in [4.78, 5) is 68.7. The molecule has 610 valence electrons. The van der Waals surface area contributed by atoms with Crippen molar-refractivity contribution in [1.82, 2.24) is 57.7 Å². The third-order valence-corrected chi connectivity index (χ3v) is 22.7. The van der Waals surface area contributed by atoms with Crippen LogP contribution < -0.4 is 0 Å². The molecule has 18 nitrogen and oxygen atoms in total. The Kier molecular flexibility index (Phi) is 26.2. The number of nitrogens with one attached hydrogen (secondary N) is 1. The second-order valence-electron chi connectivity index (χ2n) is 30.3. The molecule has 2 N–H and O–H groups in total. The minimum Gasteiger partial charge on any atom is -0.478 e. The molecule has 0 atom stereocenters. The second-order valence-corrected chi connectivity index (χ2v) is 30.8. The Labute approximate surface area is 729 Å². The van der Waals surface area contributed by atoms with Gasteiger partial charge in [-0.1, -0.05) is 200 Å². The van der Waals surface area contributed by atoms with E-state index in [1.165, 1.54) is 30.9 Å². The van der Waals surface area contributed by atoms with Crippen molar-refractivity contribution < 1.29 is 29.0 Å². The highest BCUT2D eigenvalue weighted by atomic mass is 127. The Morgan fingerprint density at radius 2 is 0.719 bits per heavy atom. The SMILES string of the molecule is CCCc1nc2c(C)cc(-c3nc4ccccc4n3C)cc2[nH]1.CCCc1nc2c(C)cc(-c3nc4ccccc4n3C)cc2n1Cc1ccc(-c2ccccc2C(=O)O)cc1.CCCc1nc2c(C)cc(-c3nc4ccccc4n3C)cc2n1Cc1ccc(-c2ccccc2C(=O)OC)cc1.COC(=O)c1ccccc1-c1ccc(CBr)cc1.I. The number of aromatic nitrogens is 12. The number of nitrogens with zero attached hydrogens (tertiary/aromatic N) is 11. The zero-order chi connectivity index (χ0) is 83.8. The van der Waals surface area contributed by atoms with Crippen LogP contribution >= 0.6 is 39.9 Å². The van der Waals surface area contributed by atoms with Crippen LogP contribution in [0, 0.1) is 20.8 Å². The van der Waals surface area contributed by atoms with Crippen molar-refractivity contribution in [2.75, 3.05) is 14.2 Å². The van der Waals surface area contributed by atoms with Gasteiger partial charge in [-0.3, -0.25) is 0 Å². The lowest BCUT2D eigenvalue weighted by Gasteiger charge is -2.12. The lowest BCUT2D eigenvalue weighted by Crippen LogP contribution is -2.06. The van der Waals surface area contributed by atoms with Crippen LogP contribution in [-0.4, -0.2) is 95.0 Å². The Bertz CT molecular complexity index is 6830. The van der Waals surface area contributed by atoms with Crippen LogP contribution in [0.4, 0.5) is 0 Å². The fourth-order valence-electron chi connectivity index (χ4n) is 16.0. The van der Waals surface area contributed by atoms with Crippen molar-refractivity contribution in [3.8, 4) is 67.5 Å². The highest BCUT2D eigenvalue weighted by Gasteiger charge is 2.23. The molecule has 6 heterocycles. The van der Waals surface area contributed by atoms with Crippen molar-refractivity contribution in [2.24, 2.45) is 21.1 Å². The number of benzene rings is 12. The van der Waals surface area contributed by atoms with Crippen LogP contribution in [0.15, 0.2) is 255 Å². The summed E-state index contributed by atoms with van der Waals surface area (Å²) in [6.07, 6.45) is 5.89. The minimum absolute atomic E-state index is 0. The van der Waals surface area contributed by atoms with Crippen molar-refractivity contribution in [3.05, 3.63) is 322 Å². The van der Waals surface area contributed by atoms with Gasteiger partial charge in [-0.25, -0.2) is 44.3 Å². The van der Waals surface area contributed by atoms with Crippen molar-refractivity contribution in [3.63, 3.8) is 0 Å². The number of aryl methyl sites for hydroxylation is 9. The number of aromatic carboxylic acids is 1. The molecule has 12 aromatic carbocycles. The largest absolute Gasteiger partial charge is 0.478 e. The second kappa shape index (κ2) is 37.6. The van der Waals surface area contributed by atoms with Crippen molar-refractivity contribution in [2.45, 2.75) is 98.5 Å². The summed E-state index contributed by atoms with van der Waals surface area (Å²) in [7, 11) is 9.01. The number of para-hydroxylation sites is 6. The van der Waals surface area contributed by atoms with E-state index in [9.17, 15) is 19.5 Å². The zero-order valence-corrected chi connectivity index (χ0v) is 73.7. The molecule has 121 heavy (non-hydrogen) atoms. The number of fused-ring (bicyclic) bond motifs is 6. The number of hydrogen-bond donors (Lipinski definition) is 2. The molecule has 0 spiro atoms. The van der Waals surface area contributed by atoms with Crippen LogP contribution in [0.5, 0.6) is 0 Å². The van der Waals surface area contributed by atoms with Gasteiger partial charge in [0.05, 0.1) is 97.1 Å². The summed E-state index contributed by atoms with van der Waals surface area (Å²) in [6, 6.07) is 84.7. The molecule has 0 unspecified atom stereocenters. The molecule has 0 radical (unpaired) electrons. The third kappa shape index (κ3) is 17.8. The number of H-pyrrole nitrogens is 1. The molecule has 18 rings (SSSR count). The van der Waals surface area contributed by atoms with Crippen molar-refractivity contribution in [1.29, 1.82) is 0 Å². The van der Waals surface area contributed by atoms with Gasteiger partial charge in [0, 0.05) is 75.5 Å². The quantitative estimate of drug-likeness (QED) is 0.0415. The highest BCUT2D eigenvalue weighted by molar-refractivity contribution is 14.0. The van der Waals surface area contributed by atoms with Crippen LogP contribution in [0.3, 0.4) is 0 Å². The number of carboxylic acids is 1. The van der Waals surface area contributed by atoms with Crippen LogP contribution in [0.25, 0.3) is 134 Å². The smallest absolute Gasteiger partial charge is 0.338 e. The van der Waals surface area contributed by atoms with Crippen LogP contribution in [-0.2, 0) is 68.3 Å². The number of carbonyl (C=O) groups excluding carboxylic acids is 2. The normalized spacial score (nSPS) is 11.2. The molecule has 6 aromatic heterocycles. The number of methoxy groups -OCH3 is 2. The fourth-order valence-corrected chi connectivity index (χ4v) is 16.4.